The van der Waals surface area contributed by atoms with Crippen LogP contribution in [0.25, 0.3) is 0 Å². The summed E-state index contributed by atoms with van der Waals surface area (Å²) in [5.41, 5.74) is 3.10. The number of hydrogen-bond acceptors (Lipinski definition) is 4. The number of methoxy groups -OCH3 is 2. The van der Waals surface area contributed by atoms with Crippen LogP contribution in [0.15, 0.2) is 90.6 Å². The van der Waals surface area contributed by atoms with Crippen LogP contribution in [0, 0.1) is 0 Å². The first kappa shape index (κ1) is 18.6. The summed E-state index contributed by atoms with van der Waals surface area (Å²) < 4.78 is 10.9. The lowest BCUT2D eigenvalue weighted by Gasteiger charge is -2.26. The quantitative estimate of drug-likeness (QED) is 0.662. The van der Waals surface area contributed by atoms with Crippen molar-refractivity contribution in [2.75, 3.05) is 24.4 Å². The summed E-state index contributed by atoms with van der Waals surface area (Å²) in [7, 11) is 3.24. The van der Waals surface area contributed by atoms with E-state index >= 15 is 0 Å². The predicted molar refractivity (Wildman–Crippen MR) is 114 cm³/mol. The highest BCUT2D eigenvalue weighted by Gasteiger charge is 2.36. The fourth-order valence-corrected chi connectivity index (χ4v) is 3.49. The number of ether oxygens (including phenoxy) is 2. The molecule has 5 nitrogen and oxygen atoms in total. The molecule has 1 aliphatic heterocycles. The molecule has 0 aliphatic carbocycles. The molecule has 0 radical (unpaired) electrons. The van der Waals surface area contributed by atoms with Gasteiger partial charge in [-0.25, -0.2) is 0 Å². The van der Waals surface area contributed by atoms with E-state index in [4.69, 9.17) is 9.47 Å². The van der Waals surface area contributed by atoms with Crippen LogP contribution < -0.4 is 19.7 Å². The third-order valence-electron chi connectivity index (χ3n) is 4.90. The fraction of sp³-hybridized carbons (Fsp3) is 0.125. The Morgan fingerprint density at radius 3 is 2.21 bits per heavy atom. The van der Waals surface area contributed by atoms with Gasteiger partial charge in [-0.3, -0.25) is 9.69 Å². The average molecular weight is 386 g/mol. The van der Waals surface area contributed by atoms with E-state index < -0.39 is 0 Å². The number of rotatable bonds is 6. The maximum absolute atomic E-state index is 13.3. The van der Waals surface area contributed by atoms with Crippen molar-refractivity contribution >= 4 is 17.3 Å². The largest absolute Gasteiger partial charge is 0.497 e. The molecule has 3 aromatic rings. The van der Waals surface area contributed by atoms with Gasteiger partial charge in [-0.15, -0.1) is 0 Å². The number of carbonyl (C=O) groups excluding carboxylic acids is 1. The van der Waals surface area contributed by atoms with Crippen LogP contribution in [-0.4, -0.2) is 20.1 Å². The van der Waals surface area contributed by atoms with Crippen molar-refractivity contribution < 1.29 is 14.3 Å². The van der Waals surface area contributed by atoms with Crippen molar-refractivity contribution in [2.45, 2.75) is 6.04 Å². The van der Waals surface area contributed by atoms with Gasteiger partial charge in [0.15, 0.2) is 0 Å². The van der Waals surface area contributed by atoms with Crippen LogP contribution in [0.2, 0.25) is 0 Å². The van der Waals surface area contributed by atoms with Crippen molar-refractivity contribution in [1.29, 1.82) is 0 Å². The molecule has 0 bridgehead atoms. The third-order valence-corrected chi connectivity index (χ3v) is 4.90. The monoisotopic (exact) mass is 386 g/mol. The van der Waals surface area contributed by atoms with Gasteiger partial charge in [0.25, 0.3) is 5.91 Å². The summed E-state index contributed by atoms with van der Waals surface area (Å²) in [6, 6.07) is 24.7. The number of nitrogens with zero attached hydrogens (tertiary/aromatic N) is 1. The van der Waals surface area contributed by atoms with E-state index in [1.807, 2.05) is 84.9 Å². The number of anilines is 2. The van der Waals surface area contributed by atoms with Gasteiger partial charge in [0, 0.05) is 23.0 Å². The molecule has 1 atom stereocenters. The lowest BCUT2D eigenvalue weighted by Crippen LogP contribution is -2.30. The molecular formula is C24H22N2O3. The molecule has 146 valence electrons. The van der Waals surface area contributed by atoms with Gasteiger partial charge in [0.2, 0.25) is 0 Å². The predicted octanol–water partition coefficient (Wildman–Crippen LogP) is 4.79. The molecule has 0 spiro atoms. The van der Waals surface area contributed by atoms with Gasteiger partial charge in [-0.1, -0.05) is 36.4 Å². The summed E-state index contributed by atoms with van der Waals surface area (Å²) in [6.07, 6.45) is 1.94. The molecule has 0 unspecified atom stereocenters. The van der Waals surface area contributed by atoms with Crippen LogP contribution in [0.3, 0.4) is 0 Å². The van der Waals surface area contributed by atoms with E-state index in [1.54, 1.807) is 19.1 Å². The zero-order chi connectivity index (χ0) is 20.2. The zero-order valence-corrected chi connectivity index (χ0v) is 16.3. The minimum atomic E-state index is -0.308. The molecule has 5 heteroatoms. The molecule has 4 rings (SSSR count). The van der Waals surface area contributed by atoms with Crippen LogP contribution in [0.1, 0.15) is 11.6 Å². The molecule has 1 heterocycles. The third kappa shape index (κ3) is 3.67. The van der Waals surface area contributed by atoms with Crippen molar-refractivity contribution in [3.8, 4) is 11.5 Å². The first-order valence-corrected chi connectivity index (χ1v) is 9.35. The average Bonchev–Trinajstić information content (AvgIpc) is 3.10. The molecular weight excluding hydrogens is 364 g/mol. The van der Waals surface area contributed by atoms with Gasteiger partial charge in [0.1, 0.15) is 17.2 Å². The lowest BCUT2D eigenvalue weighted by molar-refractivity contribution is -0.114. The molecule has 0 fully saturated rings. The minimum absolute atomic E-state index is 0.0945. The lowest BCUT2D eigenvalue weighted by atomic mass is 10.0. The number of amides is 1. The van der Waals surface area contributed by atoms with Crippen molar-refractivity contribution in [2.24, 2.45) is 0 Å². The van der Waals surface area contributed by atoms with E-state index in [2.05, 4.69) is 5.32 Å². The highest BCUT2D eigenvalue weighted by Crippen LogP contribution is 2.40. The van der Waals surface area contributed by atoms with Gasteiger partial charge >= 0.3 is 0 Å². The number of para-hydroxylation sites is 2. The maximum atomic E-state index is 13.3. The Kier molecular flexibility index (Phi) is 5.20. The molecule has 3 aromatic carbocycles. The van der Waals surface area contributed by atoms with E-state index in [9.17, 15) is 4.79 Å². The second kappa shape index (κ2) is 8.10. The second-order valence-electron chi connectivity index (χ2n) is 6.63. The summed E-state index contributed by atoms with van der Waals surface area (Å²) >= 11 is 0. The normalized spacial score (nSPS) is 15.8. The summed E-state index contributed by atoms with van der Waals surface area (Å²) in [4.78, 5) is 15.1. The second-order valence-corrected chi connectivity index (χ2v) is 6.63. The first-order chi connectivity index (χ1) is 14.2. The highest BCUT2D eigenvalue weighted by molar-refractivity contribution is 6.11. The summed E-state index contributed by atoms with van der Waals surface area (Å²) in [6.45, 7) is 0. The zero-order valence-electron chi connectivity index (χ0n) is 16.3. The molecule has 0 saturated carbocycles. The number of hydrogen-bond donors (Lipinski definition) is 1. The van der Waals surface area contributed by atoms with E-state index in [1.165, 1.54) is 0 Å². The Morgan fingerprint density at radius 2 is 1.55 bits per heavy atom. The maximum Gasteiger partial charge on any atom is 0.275 e. The summed E-state index contributed by atoms with van der Waals surface area (Å²) in [5, 5.41) is 3.25. The topological polar surface area (TPSA) is 50.8 Å². The van der Waals surface area contributed by atoms with Crippen molar-refractivity contribution in [3.05, 3.63) is 96.2 Å². The fourth-order valence-electron chi connectivity index (χ4n) is 3.49. The van der Waals surface area contributed by atoms with Crippen LogP contribution >= 0.6 is 0 Å². The van der Waals surface area contributed by atoms with Gasteiger partial charge in [0.05, 0.1) is 20.3 Å². The molecule has 1 aliphatic rings. The van der Waals surface area contributed by atoms with Crippen molar-refractivity contribution in [1.82, 2.24) is 0 Å². The van der Waals surface area contributed by atoms with Crippen molar-refractivity contribution in [3.63, 3.8) is 0 Å². The van der Waals surface area contributed by atoms with Crippen LogP contribution in [0.4, 0.5) is 11.4 Å². The van der Waals surface area contributed by atoms with Crippen LogP contribution in [-0.2, 0) is 4.79 Å². The van der Waals surface area contributed by atoms with Gasteiger partial charge < -0.3 is 14.8 Å². The SMILES string of the molecule is COc1ccc([C@@H]2C=C(Nc3ccccc3)C(=O)N2c2ccccc2)c(OC)c1. The van der Waals surface area contributed by atoms with E-state index in [0.29, 0.717) is 17.2 Å². The van der Waals surface area contributed by atoms with Gasteiger partial charge in [-0.2, -0.15) is 0 Å². The summed E-state index contributed by atoms with van der Waals surface area (Å²) in [5.74, 6) is 1.27. The highest BCUT2D eigenvalue weighted by atomic mass is 16.5. The Morgan fingerprint density at radius 1 is 0.862 bits per heavy atom. The molecule has 1 N–H and O–H groups in total. The van der Waals surface area contributed by atoms with E-state index in [-0.39, 0.29) is 11.9 Å². The number of benzene rings is 3. The number of carbonyl (C=O) groups is 1. The number of nitrogens with one attached hydrogen (secondary N) is 1. The smallest absolute Gasteiger partial charge is 0.275 e. The standard InChI is InChI=1S/C24H22N2O3/c1-28-19-13-14-20(23(15-19)29-2)22-16-21(25-17-9-5-3-6-10-17)24(27)26(22)18-11-7-4-8-12-18/h3-16,22,25H,1-2H3/t22-/m0/s1. The Labute approximate surface area is 170 Å². The molecule has 0 aromatic heterocycles. The Balaban J connectivity index is 1.78. The minimum Gasteiger partial charge on any atom is -0.497 e. The van der Waals surface area contributed by atoms with E-state index in [0.717, 1.165) is 16.9 Å². The molecule has 1 amide bonds. The Bertz CT molecular complexity index is 1030. The van der Waals surface area contributed by atoms with Gasteiger partial charge in [-0.05, 0) is 42.5 Å². The molecule has 29 heavy (non-hydrogen) atoms. The Hall–Kier alpha value is -3.73. The molecule has 0 saturated heterocycles. The van der Waals surface area contributed by atoms with Crippen LogP contribution in [0.5, 0.6) is 11.5 Å². The first-order valence-electron chi connectivity index (χ1n) is 9.35.